The molecule has 2 aliphatic rings. The maximum atomic E-state index is 13.0. The zero-order chi connectivity index (χ0) is 24.9. The molecule has 9 nitrogen and oxygen atoms in total. The molecular formula is C26H26N2O7. The van der Waals surface area contributed by atoms with Gasteiger partial charge in [0.05, 0.1) is 12.2 Å². The number of aromatic carboxylic acids is 1. The van der Waals surface area contributed by atoms with Crippen molar-refractivity contribution in [1.29, 1.82) is 0 Å². The molecule has 4 rings (SSSR count). The number of carboxylic acid groups (broad SMARTS) is 1. The number of rotatable bonds is 8. The Bertz CT molecular complexity index is 1180. The first-order valence-corrected chi connectivity index (χ1v) is 11.5. The van der Waals surface area contributed by atoms with Crippen molar-refractivity contribution >= 4 is 29.9 Å². The Hall–Kier alpha value is -4.14. The van der Waals surface area contributed by atoms with Crippen molar-refractivity contribution in [1.82, 2.24) is 10.2 Å². The smallest absolute Gasteiger partial charge is 0.335 e. The van der Waals surface area contributed by atoms with Gasteiger partial charge in [-0.05, 0) is 61.2 Å². The van der Waals surface area contributed by atoms with E-state index in [1.54, 1.807) is 30.3 Å². The van der Waals surface area contributed by atoms with Crippen LogP contribution >= 0.6 is 0 Å². The summed E-state index contributed by atoms with van der Waals surface area (Å²) in [5, 5.41) is 11.3. The van der Waals surface area contributed by atoms with Crippen molar-refractivity contribution in [2.45, 2.75) is 45.3 Å². The van der Waals surface area contributed by atoms with E-state index in [0.29, 0.717) is 23.7 Å². The quantitative estimate of drug-likeness (QED) is 0.437. The third-order valence-corrected chi connectivity index (χ3v) is 6.00. The Kier molecular flexibility index (Phi) is 7.14. The number of hydrogen-bond acceptors (Lipinski definition) is 6. The second-order valence-corrected chi connectivity index (χ2v) is 8.36. The second kappa shape index (κ2) is 10.4. The minimum Gasteiger partial charge on any atom is -0.490 e. The summed E-state index contributed by atoms with van der Waals surface area (Å²) in [6, 6.07) is 10.5. The van der Waals surface area contributed by atoms with Crippen LogP contribution in [0.1, 0.15) is 54.1 Å². The summed E-state index contributed by atoms with van der Waals surface area (Å²) in [5.74, 6) is -1.43. The van der Waals surface area contributed by atoms with E-state index in [0.717, 1.165) is 36.1 Å². The predicted molar refractivity (Wildman–Crippen MR) is 126 cm³/mol. The van der Waals surface area contributed by atoms with Gasteiger partial charge in [0.2, 0.25) is 0 Å². The van der Waals surface area contributed by atoms with E-state index in [1.807, 2.05) is 6.92 Å². The summed E-state index contributed by atoms with van der Waals surface area (Å²) in [5.41, 5.74) is 1.41. The Labute approximate surface area is 202 Å². The van der Waals surface area contributed by atoms with Gasteiger partial charge in [0, 0.05) is 6.04 Å². The fourth-order valence-corrected chi connectivity index (χ4v) is 4.24. The van der Waals surface area contributed by atoms with E-state index in [1.165, 1.54) is 18.2 Å². The summed E-state index contributed by atoms with van der Waals surface area (Å²) in [4.78, 5) is 49.9. The summed E-state index contributed by atoms with van der Waals surface area (Å²) >= 11 is 0. The highest BCUT2D eigenvalue weighted by Crippen LogP contribution is 2.31. The van der Waals surface area contributed by atoms with Gasteiger partial charge in [-0.3, -0.25) is 19.8 Å². The SMILES string of the molecule is CCOc1cc(/C=C2\C(=O)NC(=O)N(C3CCCC3)C2=O)ccc1OCc1ccc(C(=O)O)cc1. The number of carbonyl (C=O) groups excluding carboxylic acids is 3. The molecule has 4 amide bonds. The number of imide groups is 2. The summed E-state index contributed by atoms with van der Waals surface area (Å²) < 4.78 is 11.6. The van der Waals surface area contributed by atoms with Crippen molar-refractivity contribution in [3.05, 3.63) is 64.7 Å². The van der Waals surface area contributed by atoms with Crippen LogP contribution in [0.3, 0.4) is 0 Å². The summed E-state index contributed by atoms with van der Waals surface area (Å²) in [7, 11) is 0. The maximum absolute atomic E-state index is 13.0. The number of nitrogens with zero attached hydrogens (tertiary/aromatic N) is 1. The summed E-state index contributed by atoms with van der Waals surface area (Å²) in [6.45, 7) is 2.38. The van der Waals surface area contributed by atoms with Gasteiger partial charge < -0.3 is 14.6 Å². The molecular weight excluding hydrogens is 452 g/mol. The molecule has 1 saturated carbocycles. The van der Waals surface area contributed by atoms with Crippen molar-refractivity contribution < 1.29 is 33.8 Å². The summed E-state index contributed by atoms with van der Waals surface area (Å²) in [6.07, 6.45) is 4.80. The molecule has 2 N–H and O–H groups in total. The van der Waals surface area contributed by atoms with Crippen molar-refractivity contribution in [3.8, 4) is 11.5 Å². The van der Waals surface area contributed by atoms with Crippen LogP contribution in [0.25, 0.3) is 6.08 Å². The third kappa shape index (κ3) is 5.34. The Morgan fingerprint density at radius 3 is 2.43 bits per heavy atom. The second-order valence-electron chi connectivity index (χ2n) is 8.36. The topological polar surface area (TPSA) is 122 Å². The fraction of sp³-hybridized carbons (Fsp3) is 0.308. The Morgan fingerprint density at radius 2 is 1.77 bits per heavy atom. The van der Waals surface area contributed by atoms with E-state index in [4.69, 9.17) is 14.6 Å². The molecule has 1 aliphatic heterocycles. The lowest BCUT2D eigenvalue weighted by atomic mass is 10.0. The van der Waals surface area contributed by atoms with Gasteiger partial charge in [-0.1, -0.05) is 31.0 Å². The van der Waals surface area contributed by atoms with Gasteiger partial charge >= 0.3 is 12.0 Å². The van der Waals surface area contributed by atoms with Crippen LogP contribution in [0.5, 0.6) is 11.5 Å². The predicted octanol–water partition coefficient (Wildman–Crippen LogP) is 3.77. The van der Waals surface area contributed by atoms with Crippen LogP contribution < -0.4 is 14.8 Å². The van der Waals surface area contributed by atoms with E-state index < -0.39 is 23.8 Å². The van der Waals surface area contributed by atoms with Crippen LogP contribution in [0.4, 0.5) is 4.79 Å². The highest BCUT2D eigenvalue weighted by atomic mass is 16.5. The molecule has 35 heavy (non-hydrogen) atoms. The van der Waals surface area contributed by atoms with Gasteiger partial charge in [-0.2, -0.15) is 0 Å². The molecule has 1 aliphatic carbocycles. The molecule has 2 fully saturated rings. The molecule has 1 heterocycles. The fourth-order valence-electron chi connectivity index (χ4n) is 4.24. The van der Waals surface area contributed by atoms with Crippen LogP contribution in [-0.4, -0.2) is 46.5 Å². The van der Waals surface area contributed by atoms with Crippen LogP contribution in [0.2, 0.25) is 0 Å². The molecule has 182 valence electrons. The molecule has 9 heteroatoms. The van der Waals surface area contributed by atoms with E-state index >= 15 is 0 Å². The van der Waals surface area contributed by atoms with Crippen LogP contribution in [-0.2, 0) is 16.2 Å². The zero-order valence-electron chi connectivity index (χ0n) is 19.3. The van der Waals surface area contributed by atoms with Crippen molar-refractivity contribution in [3.63, 3.8) is 0 Å². The Morgan fingerprint density at radius 1 is 1.06 bits per heavy atom. The molecule has 1 saturated heterocycles. The molecule has 2 aromatic rings. The van der Waals surface area contributed by atoms with E-state index in [-0.39, 0.29) is 23.8 Å². The first-order valence-electron chi connectivity index (χ1n) is 11.5. The standard InChI is InChI=1S/C26H26N2O7/c1-2-34-22-14-17(9-12-21(22)35-15-16-7-10-18(11-8-16)25(31)32)13-20-23(29)27-26(33)28(24(20)30)19-5-3-4-6-19/h7-14,19H,2-6,15H2,1H3,(H,31,32)(H,27,29,33)/b20-13+. The van der Waals surface area contributed by atoms with Crippen LogP contribution in [0, 0.1) is 0 Å². The van der Waals surface area contributed by atoms with Crippen molar-refractivity contribution in [2.75, 3.05) is 6.61 Å². The monoisotopic (exact) mass is 478 g/mol. The highest BCUT2D eigenvalue weighted by Gasteiger charge is 2.40. The number of urea groups is 1. The molecule has 0 radical (unpaired) electrons. The van der Waals surface area contributed by atoms with Crippen LogP contribution in [0.15, 0.2) is 48.0 Å². The van der Waals surface area contributed by atoms with Gasteiger partial charge in [0.25, 0.3) is 11.8 Å². The van der Waals surface area contributed by atoms with Gasteiger partial charge in [0.1, 0.15) is 12.2 Å². The average molecular weight is 479 g/mol. The number of amides is 4. The third-order valence-electron chi connectivity index (χ3n) is 6.00. The average Bonchev–Trinajstić information content (AvgIpc) is 3.36. The number of barbiturate groups is 1. The molecule has 2 aromatic carbocycles. The number of nitrogens with one attached hydrogen (secondary N) is 1. The first-order chi connectivity index (χ1) is 16.9. The minimum atomic E-state index is -0.998. The Balaban J connectivity index is 1.54. The lowest BCUT2D eigenvalue weighted by Gasteiger charge is -2.31. The van der Waals surface area contributed by atoms with Crippen molar-refractivity contribution in [2.24, 2.45) is 0 Å². The molecule has 0 spiro atoms. The number of ether oxygens (including phenoxy) is 2. The number of hydrogen-bond donors (Lipinski definition) is 2. The normalized spacial score (nSPS) is 17.6. The van der Waals surface area contributed by atoms with Gasteiger partial charge in [-0.15, -0.1) is 0 Å². The number of carbonyl (C=O) groups is 4. The zero-order valence-corrected chi connectivity index (χ0v) is 19.3. The lowest BCUT2D eigenvalue weighted by Crippen LogP contribution is -2.57. The van der Waals surface area contributed by atoms with E-state index in [2.05, 4.69) is 5.32 Å². The molecule has 0 unspecified atom stereocenters. The lowest BCUT2D eigenvalue weighted by molar-refractivity contribution is -0.131. The largest absolute Gasteiger partial charge is 0.490 e. The van der Waals surface area contributed by atoms with E-state index in [9.17, 15) is 19.2 Å². The number of carboxylic acids is 1. The highest BCUT2D eigenvalue weighted by molar-refractivity contribution is 6.31. The maximum Gasteiger partial charge on any atom is 0.335 e. The molecule has 0 aromatic heterocycles. The first kappa shape index (κ1) is 24.0. The van der Waals surface area contributed by atoms with Gasteiger partial charge in [-0.25, -0.2) is 9.59 Å². The number of benzene rings is 2. The minimum absolute atomic E-state index is 0.105. The molecule has 0 atom stereocenters. The van der Waals surface area contributed by atoms with Gasteiger partial charge in [0.15, 0.2) is 11.5 Å². The molecule has 0 bridgehead atoms.